The molecule has 0 aliphatic heterocycles. The van der Waals surface area contributed by atoms with Crippen LogP contribution in [0.15, 0.2) is 14.4 Å². The van der Waals surface area contributed by atoms with Crippen molar-refractivity contribution in [2.45, 2.75) is 19.6 Å². The molecule has 0 spiro atoms. The Kier molecular flexibility index (Phi) is 23.6. The van der Waals surface area contributed by atoms with Crippen LogP contribution in [0.3, 0.4) is 0 Å². The van der Waals surface area contributed by atoms with Crippen molar-refractivity contribution in [3.63, 3.8) is 0 Å². The van der Waals surface area contributed by atoms with Gasteiger partial charge >= 0.3 is 35.2 Å². The largest absolute Gasteiger partial charge is 0.382 e. The van der Waals surface area contributed by atoms with E-state index in [0.29, 0.717) is 39.6 Å². The number of ether oxygens (including phenoxy) is 6. The molecule has 21 nitrogen and oxygen atoms in total. The van der Waals surface area contributed by atoms with Crippen LogP contribution in [0.1, 0.15) is 0 Å². The molecule has 1 aromatic heterocycles. The second-order valence-corrected chi connectivity index (χ2v) is 9.67. The number of hydrogen-bond donors (Lipinski definition) is 6. The molecular weight excluding hydrogens is 642 g/mol. The van der Waals surface area contributed by atoms with E-state index in [1.54, 1.807) is 21.3 Å². The third kappa shape index (κ3) is 18.4. The van der Waals surface area contributed by atoms with Gasteiger partial charge in [-0.05, 0) is 0 Å². The standard InChI is InChI=1S/C27H51N9O12/c1-43-16-19-46-13-7-31-22(37)28-4-10-34-25(40)35(11-5-29-23(38)32-8-14-47-20-17-44-2)27(42)36(26(34)41)12-6-30-24(39)33-9-15-48-21-18-45-3/h4-21H2,1-3H3,(H2,28,31,37)(H2,29,32,38)(H2,30,33,39). The highest BCUT2D eigenvalue weighted by atomic mass is 16.5. The van der Waals surface area contributed by atoms with Gasteiger partial charge in [-0.25, -0.2) is 42.5 Å². The molecule has 0 fully saturated rings. The summed E-state index contributed by atoms with van der Waals surface area (Å²) in [6.07, 6.45) is 0. The Morgan fingerprint density at radius 2 is 0.667 bits per heavy atom. The zero-order chi connectivity index (χ0) is 35.4. The molecule has 0 aromatic carbocycles. The van der Waals surface area contributed by atoms with Crippen LogP contribution in [0.25, 0.3) is 0 Å². The van der Waals surface area contributed by atoms with Crippen molar-refractivity contribution in [2.75, 3.05) is 120 Å². The maximum absolute atomic E-state index is 13.2. The van der Waals surface area contributed by atoms with Crippen LogP contribution in [-0.2, 0) is 48.1 Å². The van der Waals surface area contributed by atoms with Gasteiger partial charge in [0.1, 0.15) is 0 Å². The first-order chi connectivity index (χ1) is 23.3. The third-order valence-electron chi connectivity index (χ3n) is 6.14. The lowest BCUT2D eigenvalue weighted by Crippen LogP contribution is -2.57. The van der Waals surface area contributed by atoms with Crippen LogP contribution in [0.5, 0.6) is 0 Å². The summed E-state index contributed by atoms with van der Waals surface area (Å²) in [4.78, 5) is 76.0. The minimum absolute atomic E-state index is 0.121. The van der Waals surface area contributed by atoms with Crippen LogP contribution in [0.2, 0.25) is 0 Å². The summed E-state index contributed by atoms with van der Waals surface area (Å²) in [6.45, 7) is 2.67. The monoisotopic (exact) mass is 693 g/mol. The molecule has 0 aliphatic carbocycles. The summed E-state index contributed by atoms with van der Waals surface area (Å²) in [5.41, 5.74) is -2.78. The molecule has 0 atom stereocenters. The molecule has 1 aromatic rings. The molecule has 1 rings (SSSR count). The van der Waals surface area contributed by atoms with Gasteiger partial charge in [-0.3, -0.25) is 0 Å². The number of rotatable bonds is 27. The Bertz CT molecular complexity index is 1060. The first-order valence-electron chi connectivity index (χ1n) is 15.5. The van der Waals surface area contributed by atoms with Crippen LogP contribution in [-0.4, -0.2) is 152 Å². The fraction of sp³-hybridized carbons (Fsp3) is 0.778. The molecule has 21 heteroatoms. The number of amides is 6. The van der Waals surface area contributed by atoms with Crippen molar-refractivity contribution in [3.8, 4) is 0 Å². The predicted molar refractivity (Wildman–Crippen MR) is 172 cm³/mol. The molecular formula is C27H51N9O12. The van der Waals surface area contributed by atoms with Gasteiger partial charge in [0.2, 0.25) is 0 Å². The minimum Gasteiger partial charge on any atom is -0.382 e. The van der Waals surface area contributed by atoms with Gasteiger partial charge in [-0.1, -0.05) is 0 Å². The first kappa shape index (κ1) is 42.0. The molecule has 0 saturated carbocycles. The van der Waals surface area contributed by atoms with Crippen molar-refractivity contribution in [1.82, 2.24) is 45.6 Å². The van der Waals surface area contributed by atoms with Gasteiger partial charge in [0.25, 0.3) is 0 Å². The highest BCUT2D eigenvalue weighted by Gasteiger charge is 2.16. The summed E-state index contributed by atoms with van der Waals surface area (Å²) < 4.78 is 32.8. The van der Waals surface area contributed by atoms with E-state index in [4.69, 9.17) is 28.4 Å². The molecule has 276 valence electrons. The molecule has 6 amide bonds. The molecule has 0 bridgehead atoms. The highest BCUT2D eigenvalue weighted by Crippen LogP contribution is 1.82. The normalized spacial score (nSPS) is 10.8. The maximum Gasteiger partial charge on any atom is 0.336 e. The molecule has 0 radical (unpaired) electrons. The Morgan fingerprint density at radius 1 is 0.417 bits per heavy atom. The Labute approximate surface area is 277 Å². The quantitative estimate of drug-likeness (QED) is 0.0484. The summed E-state index contributed by atoms with van der Waals surface area (Å²) in [5.74, 6) is 0. The van der Waals surface area contributed by atoms with Gasteiger partial charge in [0.05, 0.1) is 59.5 Å². The number of aromatic nitrogens is 3. The Hall–Kier alpha value is -4.02. The lowest BCUT2D eigenvalue weighted by Gasteiger charge is -2.15. The molecule has 0 aliphatic rings. The van der Waals surface area contributed by atoms with Gasteiger partial charge in [-0.2, -0.15) is 0 Å². The van der Waals surface area contributed by atoms with E-state index in [2.05, 4.69) is 31.9 Å². The number of carbonyl (C=O) groups is 3. The number of urea groups is 3. The lowest BCUT2D eigenvalue weighted by atomic mass is 10.5. The van der Waals surface area contributed by atoms with Crippen molar-refractivity contribution < 1.29 is 42.8 Å². The average molecular weight is 694 g/mol. The highest BCUT2D eigenvalue weighted by molar-refractivity contribution is 5.74. The third-order valence-corrected chi connectivity index (χ3v) is 6.14. The van der Waals surface area contributed by atoms with E-state index in [1.165, 1.54) is 0 Å². The van der Waals surface area contributed by atoms with Crippen LogP contribution < -0.4 is 49.0 Å². The number of nitrogens with zero attached hydrogens (tertiary/aromatic N) is 3. The van der Waals surface area contributed by atoms with E-state index >= 15 is 0 Å². The minimum atomic E-state index is -0.928. The predicted octanol–water partition coefficient (Wildman–Crippen LogP) is -3.94. The average Bonchev–Trinajstić information content (AvgIpc) is 3.07. The number of methoxy groups -OCH3 is 3. The summed E-state index contributed by atoms with van der Waals surface area (Å²) in [6, 6.07) is -1.65. The van der Waals surface area contributed by atoms with Gasteiger partial charge < -0.3 is 60.3 Å². The first-order valence-corrected chi connectivity index (χ1v) is 15.5. The van der Waals surface area contributed by atoms with Crippen LogP contribution in [0, 0.1) is 0 Å². The maximum atomic E-state index is 13.2. The summed E-state index contributed by atoms with van der Waals surface area (Å²) in [5, 5.41) is 15.3. The van der Waals surface area contributed by atoms with Crippen molar-refractivity contribution >= 4 is 18.1 Å². The second kappa shape index (κ2) is 27.0. The summed E-state index contributed by atoms with van der Waals surface area (Å²) in [7, 11) is 4.63. The summed E-state index contributed by atoms with van der Waals surface area (Å²) >= 11 is 0. The van der Waals surface area contributed by atoms with E-state index in [0.717, 1.165) is 13.7 Å². The van der Waals surface area contributed by atoms with E-state index in [9.17, 15) is 28.8 Å². The topological polar surface area (TPSA) is 245 Å². The van der Waals surface area contributed by atoms with Crippen molar-refractivity contribution in [1.29, 1.82) is 0 Å². The second-order valence-electron chi connectivity index (χ2n) is 9.67. The van der Waals surface area contributed by atoms with Crippen LogP contribution in [0.4, 0.5) is 14.4 Å². The smallest absolute Gasteiger partial charge is 0.336 e. The van der Waals surface area contributed by atoms with Crippen LogP contribution >= 0.6 is 0 Å². The zero-order valence-electron chi connectivity index (χ0n) is 28.0. The molecule has 1 heterocycles. The Balaban J connectivity index is 2.85. The van der Waals surface area contributed by atoms with E-state index < -0.39 is 35.2 Å². The fourth-order valence-electron chi connectivity index (χ4n) is 3.73. The Morgan fingerprint density at radius 3 is 0.917 bits per heavy atom. The number of carbonyl (C=O) groups excluding carboxylic acids is 3. The molecule has 0 unspecified atom stereocenters. The van der Waals surface area contributed by atoms with Gasteiger partial charge in [0.15, 0.2) is 0 Å². The number of hydrogen-bond acceptors (Lipinski definition) is 12. The number of nitrogens with one attached hydrogen (secondary N) is 6. The van der Waals surface area contributed by atoms with Crippen molar-refractivity contribution in [2.24, 2.45) is 0 Å². The molecule has 0 saturated heterocycles. The van der Waals surface area contributed by atoms with E-state index in [1.807, 2.05) is 0 Å². The fourth-order valence-corrected chi connectivity index (χ4v) is 3.73. The molecule has 48 heavy (non-hydrogen) atoms. The van der Waals surface area contributed by atoms with E-state index in [-0.39, 0.29) is 78.7 Å². The van der Waals surface area contributed by atoms with Gasteiger partial charge in [0, 0.05) is 80.2 Å². The lowest BCUT2D eigenvalue weighted by molar-refractivity contribution is 0.0726. The zero-order valence-corrected chi connectivity index (χ0v) is 28.0. The van der Waals surface area contributed by atoms with Crippen molar-refractivity contribution in [3.05, 3.63) is 31.5 Å². The van der Waals surface area contributed by atoms with Gasteiger partial charge in [-0.15, -0.1) is 0 Å². The molecule has 6 N–H and O–H groups in total. The SMILES string of the molecule is COCCOCCNC(=O)NCCn1c(=O)n(CCNC(=O)NCCOCCOC)c(=O)n(CCNC(=O)NCCOCCOC)c1=O.